The number of benzene rings is 1. The number of hydrogen-bond acceptors (Lipinski definition) is 2. The van der Waals surface area contributed by atoms with Crippen molar-refractivity contribution in [2.75, 3.05) is 18.4 Å². The highest BCUT2D eigenvalue weighted by Gasteiger charge is 2.30. The van der Waals surface area contributed by atoms with Gasteiger partial charge in [0.05, 0.1) is 0 Å². The van der Waals surface area contributed by atoms with Gasteiger partial charge in [-0.3, -0.25) is 4.79 Å². The van der Waals surface area contributed by atoms with E-state index in [1.54, 1.807) is 24.3 Å². The van der Waals surface area contributed by atoms with E-state index in [0.29, 0.717) is 23.8 Å². The fourth-order valence-corrected chi connectivity index (χ4v) is 2.71. The molecule has 0 spiro atoms. The molecule has 1 heterocycles. The van der Waals surface area contributed by atoms with E-state index in [9.17, 15) is 9.59 Å². The molecular formula is C17H24ClN3O2. The predicted molar refractivity (Wildman–Crippen MR) is 92.7 cm³/mol. The number of carbonyl (C=O) groups excluding carboxylic acids is 2. The second-order valence-electron chi connectivity index (χ2n) is 6.92. The number of carbonyl (C=O) groups is 2. The molecule has 126 valence electrons. The average molecular weight is 338 g/mol. The summed E-state index contributed by atoms with van der Waals surface area (Å²) < 4.78 is 0. The summed E-state index contributed by atoms with van der Waals surface area (Å²) in [5.74, 6) is 0.168. The average Bonchev–Trinajstić information content (AvgIpc) is 2.49. The molecule has 0 radical (unpaired) electrons. The van der Waals surface area contributed by atoms with E-state index in [4.69, 9.17) is 11.6 Å². The van der Waals surface area contributed by atoms with Gasteiger partial charge in [-0.05, 0) is 37.1 Å². The summed E-state index contributed by atoms with van der Waals surface area (Å²) in [7, 11) is 0. The number of halogens is 1. The van der Waals surface area contributed by atoms with Crippen molar-refractivity contribution in [1.29, 1.82) is 0 Å². The molecule has 0 bridgehead atoms. The van der Waals surface area contributed by atoms with Gasteiger partial charge in [-0.25, -0.2) is 4.79 Å². The third-order valence-electron chi connectivity index (χ3n) is 3.86. The van der Waals surface area contributed by atoms with Crippen molar-refractivity contribution in [2.24, 2.45) is 5.41 Å². The highest BCUT2D eigenvalue weighted by Crippen LogP contribution is 2.21. The first-order valence-electron chi connectivity index (χ1n) is 7.88. The second kappa shape index (κ2) is 7.21. The van der Waals surface area contributed by atoms with Crippen LogP contribution >= 0.6 is 11.6 Å². The van der Waals surface area contributed by atoms with E-state index in [-0.39, 0.29) is 23.4 Å². The molecule has 1 aliphatic heterocycles. The van der Waals surface area contributed by atoms with Crippen LogP contribution in [0, 0.1) is 5.41 Å². The molecule has 1 aliphatic rings. The molecule has 0 aromatic heterocycles. The fraction of sp³-hybridized carbons (Fsp3) is 0.529. The molecule has 3 amide bonds. The Balaban J connectivity index is 1.79. The smallest absolute Gasteiger partial charge is 0.319 e. The van der Waals surface area contributed by atoms with Crippen LogP contribution in [0.15, 0.2) is 24.3 Å². The Hall–Kier alpha value is -1.75. The van der Waals surface area contributed by atoms with Crippen LogP contribution in [0.5, 0.6) is 0 Å². The normalized spacial score (nSPS) is 16.1. The molecule has 1 aromatic carbocycles. The molecule has 1 aromatic rings. The minimum atomic E-state index is -0.355. The fourth-order valence-electron chi connectivity index (χ4n) is 2.59. The molecule has 0 unspecified atom stereocenters. The van der Waals surface area contributed by atoms with E-state index < -0.39 is 0 Å². The molecule has 1 fully saturated rings. The predicted octanol–water partition coefficient (Wildman–Crippen LogP) is 3.50. The summed E-state index contributed by atoms with van der Waals surface area (Å²) >= 11 is 5.81. The van der Waals surface area contributed by atoms with Crippen molar-refractivity contribution in [2.45, 2.75) is 39.7 Å². The Labute approximate surface area is 142 Å². The monoisotopic (exact) mass is 337 g/mol. The minimum Gasteiger partial charge on any atom is -0.342 e. The Morgan fingerprint density at radius 3 is 2.22 bits per heavy atom. The van der Waals surface area contributed by atoms with Crippen LogP contribution < -0.4 is 10.6 Å². The summed E-state index contributed by atoms with van der Waals surface area (Å²) in [4.78, 5) is 26.1. The number of rotatable bonds is 2. The number of nitrogens with zero attached hydrogens (tertiary/aromatic N) is 1. The van der Waals surface area contributed by atoms with Crippen molar-refractivity contribution >= 4 is 29.2 Å². The van der Waals surface area contributed by atoms with Crippen LogP contribution in [-0.2, 0) is 4.79 Å². The van der Waals surface area contributed by atoms with Gasteiger partial charge in [0, 0.05) is 35.3 Å². The third-order valence-corrected chi connectivity index (χ3v) is 4.11. The number of anilines is 1. The molecule has 2 rings (SSSR count). The summed E-state index contributed by atoms with van der Waals surface area (Å²) in [5.41, 5.74) is 0.346. The van der Waals surface area contributed by atoms with Crippen molar-refractivity contribution in [1.82, 2.24) is 10.2 Å². The first-order valence-corrected chi connectivity index (χ1v) is 8.26. The maximum atomic E-state index is 12.2. The number of piperidine rings is 1. The van der Waals surface area contributed by atoms with E-state index in [1.807, 2.05) is 25.7 Å². The van der Waals surface area contributed by atoms with Gasteiger partial charge in [0.25, 0.3) is 0 Å². The lowest BCUT2D eigenvalue weighted by Crippen LogP contribution is -2.49. The van der Waals surface area contributed by atoms with Gasteiger partial charge in [-0.1, -0.05) is 32.4 Å². The zero-order valence-corrected chi connectivity index (χ0v) is 14.6. The first kappa shape index (κ1) is 17.6. The summed E-state index contributed by atoms with van der Waals surface area (Å²) in [6.07, 6.45) is 1.55. The molecule has 1 saturated heterocycles. The zero-order chi connectivity index (χ0) is 17.0. The van der Waals surface area contributed by atoms with E-state index in [0.717, 1.165) is 12.8 Å². The number of hydrogen-bond donors (Lipinski definition) is 2. The van der Waals surface area contributed by atoms with Crippen LogP contribution in [0.4, 0.5) is 10.5 Å². The minimum absolute atomic E-state index is 0.0892. The Kier molecular flexibility index (Phi) is 5.52. The van der Waals surface area contributed by atoms with Gasteiger partial charge in [-0.15, -0.1) is 0 Å². The van der Waals surface area contributed by atoms with Crippen LogP contribution in [0.1, 0.15) is 33.6 Å². The third kappa shape index (κ3) is 5.13. The Bertz CT molecular complexity index is 558. The van der Waals surface area contributed by atoms with Crippen molar-refractivity contribution in [3.63, 3.8) is 0 Å². The Morgan fingerprint density at radius 2 is 1.70 bits per heavy atom. The van der Waals surface area contributed by atoms with Gasteiger partial charge in [0.15, 0.2) is 0 Å². The standard InChI is InChI=1S/C17H24ClN3O2/c1-17(2,3)15(22)21-10-8-14(9-11-21)20-16(23)19-13-6-4-12(18)5-7-13/h4-7,14H,8-11H2,1-3H3,(H2,19,20,23). The van der Waals surface area contributed by atoms with Crippen LogP contribution in [0.25, 0.3) is 0 Å². The molecule has 23 heavy (non-hydrogen) atoms. The van der Waals surface area contributed by atoms with Gasteiger partial charge in [-0.2, -0.15) is 0 Å². The lowest BCUT2D eigenvalue weighted by atomic mass is 9.93. The topological polar surface area (TPSA) is 61.4 Å². The highest BCUT2D eigenvalue weighted by atomic mass is 35.5. The Morgan fingerprint density at radius 1 is 1.13 bits per heavy atom. The van der Waals surface area contributed by atoms with Crippen LogP contribution in [0.2, 0.25) is 5.02 Å². The summed E-state index contributed by atoms with van der Waals surface area (Å²) in [6, 6.07) is 6.83. The van der Waals surface area contributed by atoms with E-state index in [2.05, 4.69) is 10.6 Å². The SMILES string of the molecule is CC(C)(C)C(=O)N1CCC(NC(=O)Nc2ccc(Cl)cc2)CC1. The molecular weight excluding hydrogens is 314 g/mol. The van der Waals surface area contributed by atoms with E-state index >= 15 is 0 Å². The van der Waals surface area contributed by atoms with Gasteiger partial charge < -0.3 is 15.5 Å². The van der Waals surface area contributed by atoms with Gasteiger partial charge >= 0.3 is 6.03 Å². The number of amides is 3. The zero-order valence-electron chi connectivity index (χ0n) is 13.9. The lowest BCUT2D eigenvalue weighted by Gasteiger charge is -2.35. The lowest BCUT2D eigenvalue weighted by molar-refractivity contribution is -0.140. The van der Waals surface area contributed by atoms with Gasteiger partial charge in [0.2, 0.25) is 5.91 Å². The van der Waals surface area contributed by atoms with E-state index in [1.165, 1.54) is 0 Å². The number of urea groups is 1. The maximum Gasteiger partial charge on any atom is 0.319 e. The quantitative estimate of drug-likeness (QED) is 0.867. The van der Waals surface area contributed by atoms with Crippen molar-refractivity contribution < 1.29 is 9.59 Å². The summed E-state index contributed by atoms with van der Waals surface area (Å²) in [6.45, 7) is 7.15. The number of likely N-dealkylation sites (tertiary alicyclic amines) is 1. The first-order chi connectivity index (χ1) is 10.8. The summed E-state index contributed by atoms with van der Waals surface area (Å²) in [5, 5.41) is 6.38. The molecule has 5 nitrogen and oxygen atoms in total. The van der Waals surface area contributed by atoms with Crippen LogP contribution in [-0.4, -0.2) is 36.0 Å². The van der Waals surface area contributed by atoms with Crippen LogP contribution in [0.3, 0.4) is 0 Å². The second-order valence-corrected chi connectivity index (χ2v) is 7.36. The molecule has 2 N–H and O–H groups in total. The molecule has 0 saturated carbocycles. The molecule has 0 aliphatic carbocycles. The number of nitrogens with one attached hydrogen (secondary N) is 2. The highest BCUT2D eigenvalue weighted by molar-refractivity contribution is 6.30. The van der Waals surface area contributed by atoms with Gasteiger partial charge in [0.1, 0.15) is 0 Å². The van der Waals surface area contributed by atoms with Crippen molar-refractivity contribution in [3.8, 4) is 0 Å². The molecule has 6 heteroatoms. The maximum absolute atomic E-state index is 12.2. The molecule has 0 atom stereocenters. The van der Waals surface area contributed by atoms with Crippen molar-refractivity contribution in [3.05, 3.63) is 29.3 Å². The largest absolute Gasteiger partial charge is 0.342 e.